The molecule has 1 N–H and O–H groups in total. The summed E-state index contributed by atoms with van der Waals surface area (Å²) >= 11 is 0. The van der Waals surface area contributed by atoms with Crippen molar-refractivity contribution in [3.05, 3.63) is 66.5 Å². The smallest absolute Gasteiger partial charge is 0.256 e. The molecular weight excluding hydrogens is 316 g/mol. The van der Waals surface area contributed by atoms with Crippen molar-refractivity contribution in [1.29, 1.82) is 0 Å². The van der Waals surface area contributed by atoms with E-state index < -0.39 is 0 Å². The summed E-state index contributed by atoms with van der Waals surface area (Å²) < 4.78 is 1.63. The van der Waals surface area contributed by atoms with Gasteiger partial charge >= 0.3 is 0 Å². The molecule has 1 amide bonds. The molecule has 0 aliphatic heterocycles. The predicted molar refractivity (Wildman–Crippen MR) is 93.9 cm³/mol. The maximum Gasteiger partial charge on any atom is 0.256 e. The number of hydrogen-bond acceptors (Lipinski definition) is 5. The Kier molecular flexibility index (Phi) is 3.66. The zero-order chi connectivity index (χ0) is 17.2. The molecular formula is C18H14N6O. The van der Waals surface area contributed by atoms with Crippen molar-refractivity contribution in [3.8, 4) is 11.3 Å². The Hall–Kier alpha value is -3.61. The maximum atomic E-state index is 12.4. The zero-order valence-electron chi connectivity index (χ0n) is 13.4. The van der Waals surface area contributed by atoms with E-state index in [1.54, 1.807) is 48.4 Å². The molecule has 0 radical (unpaired) electrons. The number of amides is 1. The van der Waals surface area contributed by atoms with Gasteiger partial charge in [-0.25, -0.2) is 9.67 Å². The van der Waals surface area contributed by atoms with Crippen LogP contribution in [0.15, 0.2) is 60.9 Å². The van der Waals surface area contributed by atoms with Crippen LogP contribution in [0.1, 0.15) is 10.4 Å². The van der Waals surface area contributed by atoms with Crippen LogP contribution in [-0.2, 0) is 7.05 Å². The van der Waals surface area contributed by atoms with Crippen molar-refractivity contribution in [3.63, 3.8) is 0 Å². The number of aromatic nitrogens is 5. The second kappa shape index (κ2) is 6.12. The summed E-state index contributed by atoms with van der Waals surface area (Å²) in [6.45, 7) is 0. The van der Waals surface area contributed by atoms with E-state index in [4.69, 9.17) is 0 Å². The molecule has 1 aromatic carbocycles. The molecule has 0 spiro atoms. The van der Waals surface area contributed by atoms with Gasteiger partial charge in [-0.05, 0) is 42.5 Å². The van der Waals surface area contributed by atoms with Crippen molar-refractivity contribution in [1.82, 2.24) is 25.0 Å². The molecule has 7 heteroatoms. The van der Waals surface area contributed by atoms with Gasteiger partial charge in [0.2, 0.25) is 0 Å². The average molecular weight is 330 g/mol. The fourth-order valence-corrected chi connectivity index (χ4v) is 2.51. The number of carbonyl (C=O) groups excluding carboxylic acids is 1. The van der Waals surface area contributed by atoms with Gasteiger partial charge in [-0.1, -0.05) is 11.3 Å². The van der Waals surface area contributed by atoms with Crippen LogP contribution in [0.3, 0.4) is 0 Å². The number of fused-ring (bicyclic) bond motifs is 1. The van der Waals surface area contributed by atoms with Crippen molar-refractivity contribution in [2.45, 2.75) is 0 Å². The van der Waals surface area contributed by atoms with Crippen LogP contribution in [0.5, 0.6) is 0 Å². The number of pyridine rings is 2. The summed E-state index contributed by atoms with van der Waals surface area (Å²) in [6.07, 6.45) is 3.42. The van der Waals surface area contributed by atoms with Crippen LogP contribution in [0, 0.1) is 0 Å². The highest BCUT2D eigenvalue weighted by Crippen LogP contribution is 2.18. The number of benzene rings is 1. The van der Waals surface area contributed by atoms with E-state index in [-0.39, 0.29) is 5.91 Å². The first-order valence-corrected chi connectivity index (χ1v) is 7.69. The van der Waals surface area contributed by atoms with Gasteiger partial charge in [0, 0.05) is 30.6 Å². The Bertz CT molecular complexity index is 1040. The van der Waals surface area contributed by atoms with Crippen molar-refractivity contribution in [2.24, 2.45) is 7.05 Å². The van der Waals surface area contributed by atoms with Crippen molar-refractivity contribution >= 4 is 22.8 Å². The van der Waals surface area contributed by atoms with E-state index in [0.717, 1.165) is 22.3 Å². The maximum absolute atomic E-state index is 12.4. The van der Waals surface area contributed by atoms with Crippen LogP contribution in [0.25, 0.3) is 22.3 Å². The number of nitrogens with one attached hydrogen (secondary N) is 1. The third kappa shape index (κ3) is 2.94. The van der Waals surface area contributed by atoms with Crippen LogP contribution in [0.4, 0.5) is 5.82 Å². The SMILES string of the molecule is Cn1nnc2ccc(C(=O)Nc3ccc(-c4ccccn4)cn3)cc21. The van der Waals surface area contributed by atoms with Crippen LogP contribution in [0.2, 0.25) is 0 Å². The second-order valence-corrected chi connectivity index (χ2v) is 5.52. The molecule has 4 aromatic rings. The van der Waals surface area contributed by atoms with Gasteiger partial charge in [0.15, 0.2) is 0 Å². The van der Waals surface area contributed by atoms with Crippen LogP contribution >= 0.6 is 0 Å². The van der Waals surface area contributed by atoms with Gasteiger partial charge in [-0.15, -0.1) is 5.10 Å². The van der Waals surface area contributed by atoms with Crippen molar-refractivity contribution in [2.75, 3.05) is 5.32 Å². The molecule has 0 atom stereocenters. The molecule has 0 unspecified atom stereocenters. The number of anilines is 1. The topological polar surface area (TPSA) is 85.6 Å². The minimum atomic E-state index is -0.235. The van der Waals surface area contributed by atoms with Gasteiger partial charge in [0.1, 0.15) is 11.3 Å². The van der Waals surface area contributed by atoms with Gasteiger partial charge in [-0.2, -0.15) is 0 Å². The molecule has 0 saturated carbocycles. The number of hydrogen-bond donors (Lipinski definition) is 1. The summed E-state index contributed by atoms with van der Waals surface area (Å²) in [5, 5.41) is 10.7. The van der Waals surface area contributed by atoms with Gasteiger partial charge in [0.05, 0.1) is 11.2 Å². The molecule has 4 rings (SSSR count). The lowest BCUT2D eigenvalue weighted by atomic mass is 10.1. The number of nitrogens with zero attached hydrogens (tertiary/aromatic N) is 5. The Morgan fingerprint density at radius 1 is 1.08 bits per heavy atom. The lowest BCUT2D eigenvalue weighted by Crippen LogP contribution is -2.13. The lowest BCUT2D eigenvalue weighted by molar-refractivity contribution is 0.102. The van der Waals surface area contributed by atoms with E-state index in [0.29, 0.717) is 11.4 Å². The molecule has 0 bridgehead atoms. The second-order valence-electron chi connectivity index (χ2n) is 5.52. The van der Waals surface area contributed by atoms with Gasteiger partial charge in [0.25, 0.3) is 5.91 Å². The first kappa shape index (κ1) is 14.9. The molecule has 7 nitrogen and oxygen atoms in total. The highest BCUT2D eigenvalue weighted by atomic mass is 16.1. The highest BCUT2D eigenvalue weighted by molar-refractivity contribution is 6.05. The largest absolute Gasteiger partial charge is 0.307 e. The van der Waals surface area contributed by atoms with Crippen molar-refractivity contribution < 1.29 is 4.79 Å². The van der Waals surface area contributed by atoms with Crippen LogP contribution in [-0.4, -0.2) is 30.9 Å². The molecule has 3 aromatic heterocycles. The summed E-state index contributed by atoms with van der Waals surface area (Å²) in [6, 6.07) is 14.6. The first-order valence-electron chi connectivity index (χ1n) is 7.69. The quantitative estimate of drug-likeness (QED) is 0.624. The predicted octanol–water partition coefficient (Wildman–Crippen LogP) is 2.68. The summed E-state index contributed by atoms with van der Waals surface area (Å²) in [4.78, 5) is 21.0. The molecule has 3 heterocycles. The summed E-state index contributed by atoms with van der Waals surface area (Å²) in [7, 11) is 1.79. The fourth-order valence-electron chi connectivity index (χ4n) is 2.51. The molecule has 0 fully saturated rings. The van der Waals surface area contributed by atoms with Gasteiger partial charge < -0.3 is 5.32 Å². The third-order valence-electron chi connectivity index (χ3n) is 3.84. The van der Waals surface area contributed by atoms with E-state index >= 15 is 0 Å². The zero-order valence-corrected chi connectivity index (χ0v) is 13.4. The van der Waals surface area contributed by atoms with Crippen LogP contribution < -0.4 is 5.32 Å². The third-order valence-corrected chi connectivity index (χ3v) is 3.84. The molecule has 122 valence electrons. The lowest BCUT2D eigenvalue weighted by Gasteiger charge is -2.06. The minimum absolute atomic E-state index is 0.235. The Morgan fingerprint density at radius 3 is 2.76 bits per heavy atom. The van der Waals surface area contributed by atoms with Gasteiger partial charge in [-0.3, -0.25) is 9.78 Å². The number of aryl methyl sites for hydroxylation is 1. The average Bonchev–Trinajstić information content (AvgIpc) is 3.03. The fraction of sp³-hybridized carbons (Fsp3) is 0.0556. The van der Waals surface area contributed by atoms with E-state index in [2.05, 4.69) is 25.6 Å². The first-order chi connectivity index (χ1) is 12.2. The molecule has 0 aliphatic carbocycles. The highest BCUT2D eigenvalue weighted by Gasteiger charge is 2.10. The molecule has 0 aliphatic rings. The minimum Gasteiger partial charge on any atom is -0.307 e. The Morgan fingerprint density at radius 2 is 2.00 bits per heavy atom. The number of rotatable bonds is 3. The van der Waals surface area contributed by atoms with E-state index in [9.17, 15) is 4.79 Å². The Balaban J connectivity index is 1.54. The normalized spacial score (nSPS) is 10.8. The van der Waals surface area contributed by atoms with E-state index in [1.807, 2.05) is 24.3 Å². The molecule has 0 saturated heterocycles. The summed E-state index contributed by atoms with van der Waals surface area (Å²) in [5.74, 6) is 0.245. The van der Waals surface area contributed by atoms with E-state index in [1.165, 1.54) is 0 Å². The number of carbonyl (C=O) groups is 1. The molecule has 25 heavy (non-hydrogen) atoms. The summed E-state index contributed by atoms with van der Waals surface area (Å²) in [5.41, 5.74) is 3.79. The Labute approximate surface area is 143 Å². The monoisotopic (exact) mass is 330 g/mol. The standard InChI is InChI=1S/C18H14N6O/c1-24-16-10-12(5-7-15(16)22-23-24)18(25)21-17-8-6-13(11-20-17)14-4-2-3-9-19-14/h2-11H,1H3,(H,20,21,25).